The molecular weight excluding hydrogens is 268 g/mol. The van der Waals surface area contributed by atoms with Crippen LogP contribution in [0.25, 0.3) is 11.3 Å². The number of aromatic nitrogens is 2. The zero-order chi connectivity index (χ0) is 14.7. The van der Waals surface area contributed by atoms with Crippen LogP contribution in [0.2, 0.25) is 0 Å². The van der Waals surface area contributed by atoms with E-state index in [2.05, 4.69) is 20.5 Å². The number of hydrogen-bond donors (Lipinski definition) is 2. The van der Waals surface area contributed by atoms with Crippen molar-refractivity contribution in [3.63, 3.8) is 0 Å². The fourth-order valence-corrected chi connectivity index (χ4v) is 2.04. The molecule has 6 nitrogen and oxygen atoms in total. The van der Waals surface area contributed by atoms with Crippen molar-refractivity contribution in [1.82, 2.24) is 10.2 Å². The minimum Gasteiger partial charge on any atom is -0.325 e. The van der Waals surface area contributed by atoms with E-state index in [1.807, 2.05) is 24.3 Å². The summed E-state index contributed by atoms with van der Waals surface area (Å²) in [5, 5.41) is 9.47. The Morgan fingerprint density at radius 3 is 2.95 bits per heavy atom. The van der Waals surface area contributed by atoms with Gasteiger partial charge in [0, 0.05) is 23.7 Å². The highest BCUT2D eigenvalue weighted by atomic mass is 16.2. The molecule has 2 N–H and O–H groups in total. The van der Waals surface area contributed by atoms with Crippen LogP contribution in [0, 0.1) is 5.92 Å². The topological polar surface area (TPSA) is 87.2 Å². The predicted octanol–water partition coefficient (Wildman–Crippen LogP) is 1.80. The number of carbonyl (C=O) groups excluding carboxylic acids is 2. The number of carbonyl (C=O) groups is 2. The molecule has 1 aliphatic rings. The zero-order valence-electron chi connectivity index (χ0n) is 11.0. The standard InChI is InChI=1S/C15H12N4O2/c20-14-12(5-2-7-16-14)15(21)18-11-4-1-3-10(9-11)13-6-8-17-19-13/h1-9,12H,(H,17,19)(H,18,21). The summed E-state index contributed by atoms with van der Waals surface area (Å²) in [7, 11) is 0. The lowest BCUT2D eigenvalue weighted by Crippen LogP contribution is -2.28. The Morgan fingerprint density at radius 1 is 1.29 bits per heavy atom. The quantitative estimate of drug-likeness (QED) is 0.840. The van der Waals surface area contributed by atoms with E-state index in [1.54, 1.807) is 18.3 Å². The predicted molar refractivity (Wildman–Crippen MR) is 78.8 cm³/mol. The van der Waals surface area contributed by atoms with Crippen molar-refractivity contribution in [1.29, 1.82) is 0 Å². The van der Waals surface area contributed by atoms with Gasteiger partial charge < -0.3 is 5.32 Å². The third-order valence-corrected chi connectivity index (χ3v) is 3.08. The van der Waals surface area contributed by atoms with E-state index >= 15 is 0 Å². The van der Waals surface area contributed by atoms with Crippen molar-refractivity contribution >= 4 is 23.7 Å². The van der Waals surface area contributed by atoms with E-state index < -0.39 is 17.7 Å². The largest absolute Gasteiger partial charge is 0.325 e. The van der Waals surface area contributed by atoms with Gasteiger partial charge in [0.25, 0.3) is 5.91 Å². The van der Waals surface area contributed by atoms with E-state index in [9.17, 15) is 9.59 Å². The maximum atomic E-state index is 12.1. The van der Waals surface area contributed by atoms with E-state index in [-0.39, 0.29) is 0 Å². The average Bonchev–Trinajstić information content (AvgIpc) is 3.02. The molecule has 0 spiro atoms. The first-order valence-electron chi connectivity index (χ1n) is 6.39. The molecule has 0 bridgehead atoms. The summed E-state index contributed by atoms with van der Waals surface area (Å²) < 4.78 is 0. The normalized spacial score (nSPS) is 17.0. The van der Waals surface area contributed by atoms with Gasteiger partial charge in [0.1, 0.15) is 5.92 Å². The van der Waals surface area contributed by atoms with Crippen LogP contribution in [0.3, 0.4) is 0 Å². The molecule has 1 atom stereocenters. The number of benzene rings is 1. The van der Waals surface area contributed by atoms with E-state index in [1.165, 1.54) is 12.3 Å². The van der Waals surface area contributed by atoms with Crippen LogP contribution in [-0.4, -0.2) is 28.2 Å². The fourth-order valence-electron chi connectivity index (χ4n) is 2.04. The SMILES string of the molecule is O=C1N=CC=CC1C(=O)Nc1cccc(-c2ccn[nH]2)c1. The summed E-state index contributed by atoms with van der Waals surface area (Å²) in [6.45, 7) is 0. The van der Waals surface area contributed by atoms with Gasteiger partial charge in [-0.2, -0.15) is 5.10 Å². The highest BCUT2D eigenvalue weighted by Gasteiger charge is 2.24. The van der Waals surface area contributed by atoms with Gasteiger partial charge in [0.15, 0.2) is 0 Å². The van der Waals surface area contributed by atoms with Gasteiger partial charge in [-0.3, -0.25) is 14.7 Å². The van der Waals surface area contributed by atoms with E-state index in [0.29, 0.717) is 5.69 Å². The molecule has 1 aromatic heterocycles. The van der Waals surface area contributed by atoms with Crippen molar-refractivity contribution in [3.8, 4) is 11.3 Å². The van der Waals surface area contributed by atoms with Crippen LogP contribution < -0.4 is 5.32 Å². The number of hydrogen-bond acceptors (Lipinski definition) is 3. The number of rotatable bonds is 3. The lowest BCUT2D eigenvalue weighted by molar-refractivity contribution is -0.128. The molecule has 0 saturated carbocycles. The number of H-pyrrole nitrogens is 1. The first-order valence-corrected chi connectivity index (χ1v) is 6.39. The van der Waals surface area contributed by atoms with Crippen LogP contribution >= 0.6 is 0 Å². The van der Waals surface area contributed by atoms with Gasteiger partial charge in [-0.15, -0.1) is 0 Å². The van der Waals surface area contributed by atoms with Gasteiger partial charge in [-0.25, -0.2) is 4.99 Å². The lowest BCUT2D eigenvalue weighted by atomic mass is 10.1. The fraction of sp³-hybridized carbons (Fsp3) is 0.0667. The Labute approximate surface area is 120 Å². The first kappa shape index (κ1) is 13.0. The smallest absolute Gasteiger partial charge is 0.262 e. The Hall–Kier alpha value is -3.02. The first-order chi connectivity index (χ1) is 10.2. The molecule has 2 heterocycles. The number of amides is 2. The summed E-state index contributed by atoms with van der Waals surface area (Å²) in [6.07, 6.45) is 6.16. The third-order valence-electron chi connectivity index (χ3n) is 3.08. The summed E-state index contributed by atoms with van der Waals surface area (Å²) in [5.41, 5.74) is 2.36. The molecule has 2 aromatic rings. The second kappa shape index (κ2) is 5.54. The van der Waals surface area contributed by atoms with Crippen LogP contribution in [0.4, 0.5) is 5.69 Å². The number of aromatic amines is 1. The molecule has 0 radical (unpaired) electrons. The molecule has 2 amide bonds. The van der Waals surface area contributed by atoms with Crippen molar-refractivity contribution in [2.75, 3.05) is 5.32 Å². The molecule has 104 valence electrons. The maximum absolute atomic E-state index is 12.1. The second-order valence-electron chi connectivity index (χ2n) is 4.52. The summed E-state index contributed by atoms with van der Waals surface area (Å²) >= 11 is 0. The number of nitrogens with one attached hydrogen (secondary N) is 2. The summed E-state index contributed by atoms with van der Waals surface area (Å²) in [5.74, 6) is -1.72. The molecule has 0 aliphatic carbocycles. The highest BCUT2D eigenvalue weighted by molar-refractivity contribution is 6.11. The zero-order valence-corrected chi connectivity index (χ0v) is 11.0. The van der Waals surface area contributed by atoms with Crippen molar-refractivity contribution in [2.24, 2.45) is 10.9 Å². The molecule has 1 aromatic carbocycles. The second-order valence-corrected chi connectivity index (χ2v) is 4.52. The Bertz CT molecular complexity index is 732. The number of allylic oxidation sites excluding steroid dienone is 1. The van der Waals surface area contributed by atoms with Crippen LogP contribution in [0.5, 0.6) is 0 Å². The Kier molecular flexibility index (Phi) is 3.42. The lowest BCUT2D eigenvalue weighted by Gasteiger charge is -2.12. The molecule has 21 heavy (non-hydrogen) atoms. The maximum Gasteiger partial charge on any atom is 0.262 e. The molecule has 3 rings (SSSR count). The van der Waals surface area contributed by atoms with Crippen molar-refractivity contribution < 1.29 is 9.59 Å². The van der Waals surface area contributed by atoms with Crippen LogP contribution in [0.1, 0.15) is 0 Å². The van der Waals surface area contributed by atoms with Gasteiger partial charge in [0.2, 0.25) is 5.91 Å². The summed E-state index contributed by atoms with van der Waals surface area (Å²) in [6, 6.07) is 9.13. The number of anilines is 1. The molecule has 0 fully saturated rings. The number of aliphatic imine (C=N–C) groups is 1. The van der Waals surface area contributed by atoms with E-state index in [4.69, 9.17) is 0 Å². The van der Waals surface area contributed by atoms with Crippen molar-refractivity contribution in [2.45, 2.75) is 0 Å². The minimum absolute atomic E-state index is 0.394. The average molecular weight is 280 g/mol. The van der Waals surface area contributed by atoms with Crippen LogP contribution in [0.15, 0.2) is 53.7 Å². The third kappa shape index (κ3) is 2.79. The monoisotopic (exact) mass is 280 g/mol. The number of dihydropyridines is 1. The summed E-state index contributed by atoms with van der Waals surface area (Å²) in [4.78, 5) is 27.3. The minimum atomic E-state index is -0.870. The van der Waals surface area contributed by atoms with Gasteiger partial charge in [-0.05, 0) is 24.3 Å². The molecule has 1 unspecified atom stereocenters. The van der Waals surface area contributed by atoms with Crippen LogP contribution in [-0.2, 0) is 9.59 Å². The molecule has 1 aliphatic heterocycles. The Morgan fingerprint density at radius 2 is 2.19 bits per heavy atom. The molecular formula is C15H12N4O2. The van der Waals surface area contributed by atoms with Gasteiger partial charge in [-0.1, -0.05) is 18.2 Å². The molecule has 6 heteroatoms. The van der Waals surface area contributed by atoms with Gasteiger partial charge in [0.05, 0.1) is 5.69 Å². The highest BCUT2D eigenvalue weighted by Crippen LogP contribution is 2.21. The molecule has 0 saturated heterocycles. The van der Waals surface area contributed by atoms with Gasteiger partial charge >= 0.3 is 0 Å². The van der Waals surface area contributed by atoms with Crippen molar-refractivity contribution in [3.05, 3.63) is 48.7 Å². The Balaban J connectivity index is 1.78. The van der Waals surface area contributed by atoms with E-state index in [0.717, 1.165) is 11.3 Å². The number of nitrogens with zero attached hydrogens (tertiary/aromatic N) is 2.